The van der Waals surface area contributed by atoms with Gasteiger partial charge in [-0.05, 0) is 30.5 Å². The first-order valence-corrected chi connectivity index (χ1v) is 11.6. The predicted octanol–water partition coefficient (Wildman–Crippen LogP) is 1.24. The van der Waals surface area contributed by atoms with Crippen LogP contribution in [0.5, 0.6) is 0 Å². The highest BCUT2D eigenvalue weighted by Crippen LogP contribution is 2.40. The van der Waals surface area contributed by atoms with Crippen LogP contribution in [0.3, 0.4) is 0 Å². The lowest BCUT2D eigenvalue weighted by Crippen LogP contribution is -2.44. The highest BCUT2D eigenvalue weighted by Gasteiger charge is 2.44. The summed E-state index contributed by atoms with van der Waals surface area (Å²) in [5.41, 5.74) is 0.870. The Balaban J connectivity index is 1.84. The van der Waals surface area contributed by atoms with Crippen molar-refractivity contribution < 1.29 is 33.4 Å². The third-order valence-corrected chi connectivity index (χ3v) is 6.59. The highest BCUT2D eigenvalue weighted by atomic mass is 32.2. The average Bonchev–Trinajstić information content (AvgIpc) is 3.38. The monoisotopic (exact) mass is 487 g/mol. The Bertz CT molecular complexity index is 1030. The molecule has 2 N–H and O–H groups in total. The minimum absolute atomic E-state index is 0.00428. The molecule has 11 heteroatoms. The number of hydrogen-bond donors (Lipinski definition) is 2. The number of hydrogen-bond acceptors (Lipinski definition) is 9. The van der Waals surface area contributed by atoms with Crippen LogP contribution in [0.1, 0.15) is 34.7 Å². The third kappa shape index (κ3) is 5.76. The molecule has 0 unspecified atom stereocenters. The Morgan fingerprint density at radius 1 is 1.24 bits per heavy atom. The fraction of sp³-hybridized carbons (Fsp3) is 0.435. The molecule has 3 rings (SSSR count). The van der Waals surface area contributed by atoms with Crippen molar-refractivity contribution in [3.63, 3.8) is 0 Å². The van der Waals surface area contributed by atoms with E-state index in [1.54, 1.807) is 12.1 Å². The number of nitriles is 1. The Morgan fingerprint density at radius 2 is 1.97 bits per heavy atom. The number of amides is 2. The van der Waals surface area contributed by atoms with Gasteiger partial charge in [0.2, 0.25) is 11.8 Å². The summed E-state index contributed by atoms with van der Waals surface area (Å²) in [4.78, 5) is 49.4. The molecular weight excluding hydrogens is 462 g/mol. The lowest BCUT2D eigenvalue weighted by atomic mass is 9.78. The van der Waals surface area contributed by atoms with Gasteiger partial charge in [0.05, 0.1) is 48.3 Å². The van der Waals surface area contributed by atoms with E-state index in [2.05, 4.69) is 16.7 Å². The highest BCUT2D eigenvalue weighted by molar-refractivity contribution is 8.03. The van der Waals surface area contributed by atoms with Crippen molar-refractivity contribution in [1.82, 2.24) is 10.6 Å². The Morgan fingerprint density at radius 3 is 2.56 bits per heavy atom. The Hall–Kier alpha value is -3.36. The second-order valence-electron chi connectivity index (χ2n) is 7.66. The van der Waals surface area contributed by atoms with Crippen molar-refractivity contribution in [3.8, 4) is 6.07 Å². The lowest BCUT2D eigenvalue weighted by molar-refractivity contribution is -0.150. The number of methoxy groups -OCH3 is 2. The largest absolute Gasteiger partial charge is 0.468 e. The molecule has 1 aromatic carbocycles. The van der Waals surface area contributed by atoms with E-state index in [1.165, 1.54) is 19.2 Å². The number of rotatable bonds is 8. The van der Waals surface area contributed by atoms with Crippen LogP contribution < -0.4 is 10.6 Å². The van der Waals surface area contributed by atoms with E-state index in [9.17, 15) is 24.4 Å². The van der Waals surface area contributed by atoms with Crippen LogP contribution >= 0.6 is 11.8 Å². The van der Waals surface area contributed by atoms with E-state index >= 15 is 0 Å². The maximum atomic E-state index is 12.9. The summed E-state index contributed by atoms with van der Waals surface area (Å²) in [7, 11) is 2.41. The van der Waals surface area contributed by atoms with Gasteiger partial charge >= 0.3 is 11.9 Å². The standard InChI is InChI=1S/C23H25N3O7S/c1-31-22(29)14-7-5-13(6-8-14)18-16(10-24)21(26-20(28)19(18)23(30)32-2)34-12-17(27)25-11-15-4-3-9-33-15/h5-8,15,18-19H,3-4,9,11-12H2,1-2H3,(H,25,27)(H,26,28)/t15-,18-,19+/m1/s1. The van der Waals surface area contributed by atoms with E-state index in [-0.39, 0.29) is 33.9 Å². The zero-order valence-electron chi connectivity index (χ0n) is 18.8. The van der Waals surface area contributed by atoms with Crippen molar-refractivity contribution >= 4 is 35.5 Å². The molecule has 3 atom stereocenters. The molecule has 0 radical (unpaired) electrons. The Labute approximate surface area is 201 Å². The maximum absolute atomic E-state index is 12.9. The number of nitrogens with zero attached hydrogens (tertiary/aromatic N) is 1. The average molecular weight is 488 g/mol. The first-order chi connectivity index (χ1) is 16.4. The number of benzene rings is 1. The van der Waals surface area contributed by atoms with Gasteiger partial charge in [0.1, 0.15) is 5.92 Å². The molecule has 180 valence electrons. The summed E-state index contributed by atoms with van der Waals surface area (Å²) in [6.45, 7) is 1.08. The summed E-state index contributed by atoms with van der Waals surface area (Å²) in [6, 6.07) is 8.16. The number of ether oxygens (including phenoxy) is 3. The second kappa shape index (κ2) is 11.7. The molecule has 2 heterocycles. The van der Waals surface area contributed by atoms with E-state index in [0.29, 0.717) is 18.7 Å². The summed E-state index contributed by atoms with van der Waals surface area (Å²) in [5, 5.41) is 15.5. The van der Waals surface area contributed by atoms with Gasteiger partial charge in [0.15, 0.2) is 0 Å². The van der Waals surface area contributed by atoms with Gasteiger partial charge in [0.25, 0.3) is 0 Å². The summed E-state index contributed by atoms with van der Waals surface area (Å²) >= 11 is 1.00. The van der Waals surface area contributed by atoms with Gasteiger partial charge < -0.3 is 24.8 Å². The molecule has 1 saturated heterocycles. The Kier molecular flexibility index (Phi) is 8.67. The first-order valence-electron chi connectivity index (χ1n) is 10.6. The SMILES string of the molecule is COC(=O)c1ccc([C@@H]2C(C#N)=C(SCC(=O)NC[C@H]3CCCO3)NC(=O)[C@H]2C(=O)OC)cc1. The summed E-state index contributed by atoms with van der Waals surface area (Å²) in [6.07, 6.45) is 1.84. The minimum Gasteiger partial charge on any atom is -0.468 e. The van der Waals surface area contributed by atoms with Gasteiger partial charge in [-0.3, -0.25) is 14.4 Å². The molecule has 0 bridgehead atoms. The molecule has 1 aromatic rings. The molecule has 2 aliphatic rings. The van der Waals surface area contributed by atoms with Gasteiger partial charge in [-0.15, -0.1) is 0 Å². The van der Waals surface area contributed by atoms with Gasteiger partial charge in [0, 0.05) is 19.1 Å². The molecule has 0 saturated carbocycles. The maximum Gasteiger partial charge on any atom is 0.337 e. The van der Waals surface area contributed by atoms with E-state index in [4.69, 9.17) is 14.2 Å². The number of esters is 2. The van der Waals surface area contributed by atoms with E-state index < -0.39 is 29.7 Å². The van der Waals surface area contributed by atoms with Crippen LogP contribution in [0.4, 0.5) is 0 Å². The zero-order valence-corrected chi connectivity index (χ0v) is 19.6. The van der Waals surface area contributed by atoms with Crippen molar-refractivity contribution in [3.05, 3.63) is 46.0 Å². The lowest BCUT2D eigenvalue weighted by Gasteiger charge is -2.31. The molecular formula is C23H25N3O7S. The molecule has 0 aliphatic carbocycles. The number of nitrogens with one attached hydrogen (secondary N) is 2. The minimum atomic E-state index is -1.30. The van der Waals surface area contributed by atoms with E-state index in [1.807, 2.05) is 0 Å². The number of carbonyl (C=O) groups excluding carboxylic acids is 4. The predicted molar refractivity (Wildman–Crippen MR) is 121 cm³/mol. The number of carbonyl (C=O) groups is 4. The van der Waals surface area contributed by atoms with Crippen LogP contribution in [0.25, 0.3) is 0 Å². The van der Waals surface area contributed by atoms with Gasteiger partial charge in [-0.1, -0.05) is 23.9 Å². The summed E-state index contributed by atoms with van der Waals surface area (Å²) < 4.78 is 15.0. The second-order valence-corrected chi connectivity index (χ2v) is 8.65. The topological polar surface area (TPSA) is 144 Å². The smallest absolute Gasteiger partial charge is 0.337 e. The fourth-order valence-corrected chi connectivity index (χ4v) is 4.72. The van der Waals surface area contributed by atoms with Gasteiger partial charge in [-0.2, -0.15) is 5.26 Å². The van der Waals surface area contributed by atoms with Crippen molar-refractivity contribution in [2.75, 3.05) is 33.1 Å². The fourth-order valence-electron chi connectivity index (χ4n) is 3.85. The molecule has 0 spiro atoms. The van der Waals surface area contributed by atoms with Crippen LogP contribution in [0, 0.1) is 17.2 Å². The van der Waals surface area contributed by atoms with Crippen LogP contribution in [0.2, 0.25) is 0 Å². The van der Waals surface area contributed by atoms with Crippen molar-refractivity contribution in [2.45, 2.75) is 24.9 Å². The third-order valence-electron chi connectivity index (χ3n) is 5.57. The molecule has 2 aliphatic heterocycles. The molecule has 1 fully saturated rings. The van der Waals surface area contributed by atoms with E-state index in [0.717, 1.165) is 31.7 Å². The van der Waals surface area contributed by atoms with Gasteiger partial charge in [-0.25, -0.2) is 4.79 Å². The quantitative estimate of drug-likeness (QED) is 0.409. The summed E-state index contributed by atoms with van der Waals surface area (Å²) in [5.74, 6) is -4.55. The van der Waals surface area contributed by atoms with Crippen molar-refractivity contribution in [1.29, 1.82) is 5.26 Å². The molecule has 34 heavy (non-hydrogen) atoms. The molecule has 0 aromatic heterocycles. The van der Waals surface area contributed by atoms with Crippen LogP contribution in [-0.2, 0) is 28.6 Å². The molecule has 2 amide bonds. The zero-order chi connectivity index (χ0) is 24.7. The normalized spacial score (nSPS) is 21.9. The van der Waals surface area contributed by atoms with Crippen LogP contribution in [-0.4, -0.2) is 63.0 Å². The van der Waals surface area contributed by atoms with Crippen molar-refractivity contribution in [2.24, 2.45) is 5.92 Å². The number of thioether (sulfide) groups is 1. The van der Waals surface area contributed by atoms with Crippen LogP contribution in [0.15, 0.2) is 34.9 Å². The number of allylic oxidation sites excluding steroid dienone is 1. The first kappa shape index (κ1) is 25.3. The molecule has 10 nitrogen and oxygen atoms in total.